The predicted octanol–water partition coefficient (Wildman–Crippen LogP) is 0.994. The second-order valence-electron chi connectivity index (χ2n) is 2.01. The molecule has 0 aromatic heterocycles. The van der Waals surface area contributed by atoms with Crippen molar-refractivity contribution in [2.45, 2.75) is 13.8 Å². The summed E-state index contributed by atoms with van der Waals surface area (Å²) < 4.78 is 0. The summed E-state index contributed by atoms with van der Waals surface area (Å²) in [6, 6.07) is 0. The molecular weight excluding hydrogens is 114 g/mol. The molecule has 2 heteroatoms. The van der Waals surface area contributed by atoms with Crippen molar-refractivity contribution in [3.8, 4) is 0 Å². The molecule has 0 radical (unpaired) electrons. The summed E-state index contributed by atoms with van der Waals surface area (Å²) in [5.41, 5.74) is 5.97. The van der Waals surface area contributed by atoms with Crippen molar-refractivity contribution in [2.75, 3.05) is 0 Å². The van der Waals surface area contributed by atoms with E-state index < -0.39 is 5.91 Å². The first-order chi connectivity index (χ1) is 4.13. The van der Waals surface area contributed by atoms with Gasteiger partial charge in [0.2, 0.25) is 5.91 Å². The molecule has 0 aromatic rings. The lowest BCUT2D eigenvalue weighted by Gasteiger charge is -1.80. The summed E-state index contributed by atoms with van der Waals surface area (Å²) in [5, 5.41) is 0. The maximum Gasteiger partial charge on any atom is 0.241 e. The number of carbonyl (C=O) groups excluding carboxylic acids is 1. The minimum absolute atomic E-state index is 0.410. The Morgan fingerprint density at radius 2 is 2.00 bits per heavy atom. The van der Waals surface area contributed by atoms with Crippen LogP contribution in [0.2, 0.25) is 0 Å². The van der Waals surface area contributed by atoms with Gasteiger partial charge in [0, 0.05) is 6.08 Å². The molecule has 0 aliphatic carbocycles. The van der Waals surface area contributed by atoms with E-state index in [1.807, 2.05) is 19.9 Å². The van der Waals surface area contributed by atoms with Crippen molar-refractivity contribution in [1.82, 2.24) is 0 Å². The van der Waals surface area contributed by atoms with Crippen molar-refractivity contribution in [2.24, 2.45) is 5.73 Å². The van der Waals surface area contributed by atoms with Crippen LogP contribution in [0.25, 0.3) is 0 Å². The SMILES string of the molecule is CC(C)=C/C=C/C(N)=O. The van der Waals surface area contributed by atoms with E-state index in [9.17, 15) is 4.79 Å². The lowest BCUT2D eigenvalue weighted by atomic mass is 10.3. The molecule has 0 bridgehead atoms. The highest BCUT2D eigenvalue weighted by Crippen LogP contribution is 1.87. The zero-order valence-electron chi connectivity index (χ0n) is 5.72. The number of rotatable bonds is 2. The Hall–Kier alpha value is -1.05. The third kappa shape index (κ3) is 6.95. The van der Waals surface area contributed by atoms with E-state index in [0.717, 1.165) is 5.57 Å². The van der Waals surface area contributed by atoms with Gasteiger partial charge in [-0.3, -0.25) is 4.79 Å². The third-order valence-electron chi connectivity index (χ3n) is 0.690. The lowest BCUT2D eigenvalue weighted by Crippen LogP contribution is -2.04. The minimum Gasteiger partial charge on any atom is -0.366 e. The third-order valence-corrected chi connectivity index (χ3v) is 0.690. The molecule has 2 N–H and O–H groups in total. The molecule has 0 saturated heterocycles. The molecule has 0 unspecified atom stereocenters. The van der Waals surface area contributed by atoms with E-state index >= 15 is 0 Å². The van der Waals surface area contributed by atoms with Gasteiger partial charge >= 0.3 is 0 Å². The Bertz CT molecular complexity index is 152. The number of allylic oxidation sites excluding steroid dienone is 3. The molecule has 1 amide bonds. The van der Waals surface area contributed by atoms with E-state index in [4.69, 9.17) is 5.73 Å². The highest BCUT2D eigenvalue weighted by molar-refractivity contribution is 5.85. The highest BCUT2D eigenvalue weighted by Gasteiger charge is 1.77. The first-order valence-electron chi connectivity index (χ1n) is 2.74. The quantitative estimate of drug-likeness (QED) is 0.434. The van der Waals surface area contributed by atoms with Crippen molar-refractivity contribution in [1.29, 1.82) is 0 Å². The molecule has 0 atom stereocenters. The number of carbonyl (C=O) groups is 1. The summed E-state index contributed by atoms with van der Waals surface area (Å²) in [5.74, 6) is -0.410. The Morgan fingerprint density at radius 1 is 1.44 bits per heavy atom. The van der Waals surface area contributed by atoms with E-state index in [0.29, 0.717) is 0 Å². The molecule has 0 spiro atoms. The van der Waals surface area contributed by atoms with Gasteiger partial charge in [0.25, 0.3) is 0 Å². The Morgan fingerprint density at radius 3 is 2.33 bits per heavy atom. The topological polar surface area (TPSA) is 43.1 Å². The normalized spacial score (nSPS) is 9.56. The van der Waals surface area contributed by atoms with Crippen molar-refractivity contribution in [3.63, 3.8) is 0 Å². The van der Waals surface area contributed by atoms with Gasteiger partial charge in [-0.1, -0.05) is 17.7 Å². The van der Waals surface area contributed by atoms with Gasteiger partial charge in [0.05, 0.1) is 0 Å². The molecule has 0 aliphatic heterocycles. The molecule has 0 aromatic carbocycles. The van der Waals surface area contributed by atoms with Crippen molar-refractivity contribution in [3.05, 3.63) is 23.8 Å². The van der Waals surface area contributed by atoms with Gasteiger partial charge in [-0.15, -0.1) is 0 Å². The Kier molecular flexibility index (Phi) is 3.44. The van der Waals surface area contributed by atoms with Crippen LogP contribution in [0.1, 0.15) is 13.8 Å². The molecular formula is C7H11NO. The van der Waals surface area contributed by atoms with Crippen LogP contribution in [0.3, 0.4) is 0 Å². The van der Waals surface area contributed by atoms with E-state index in [1.54, 1.807) is 6.08 Å². The fraction of sp³-hybridized carbons (Fsp3) is 0.286. The van der Waals surface area contributed by atoms with Gasteiger partial charge in [-0.25, -0.2) is 0 Å². The van der Waals surface area contributed by atoms with Crippen LogP contribution in [-0.4, -0.2) is 5.91 Å². The van der Waals surface area contributed by atoms with Gasteiger partial charge in [0.15, 0.2) is 0 Å². The molecule has 50 valence electrons. The fourth-order valence-electron chi connectivity index (χ4n) is 0.335. The predicted molar refractivity (Wildman–Crippen MR) is 37.8 cm³/mol. The summed E-state index contributed by atoms with van der Waals surface area (Å²) in [6.07, 6.45) is 4.79. The molecule has 0 rings (SSSR count). The van der Waals surface area contributed by atoms with Crippen LogP contribution in [-0.2, 0) is 4.79 Å². The summed E-state index contributed by atoms with van der Waals surface area (Å²) in [6.45, 7) is 3.90. The summed E-state index contributed by atoms with van der Waals surface area (Å²) in [7, 11) is 0. The molecule has 0 saturated carbocycles. The maximum atomic E-state index is 10.1. The number of amides is 1. The first-order valence-corrected chi connectivity index (χ1v) is 2.74. The van der Waals surface area contributed by atoms with Gasteiger partial charge in [-0.2, -0.15) is 0 Å². The second kappa shape index (κ2) is 3.89. The Balaban J connectivity index is 3.74. The van der Waals surface area contributed by atoms with Crippen LogP contribution in [0.5, 0.6) is 0 Å². The van der Waals surface area contributed by atoms with Crippen molar-refractivity contribution >= 4 is 5.91 Å². The Labute approximate surface area is 55.1 Å². The molecule has 0 fully saturated rings. The summed E-state index contributed by atoms with van der Waals surface area (Å²) in [4.78, 5) is 10.1. The molecule has 0 heterocycles. The maximum absolute atomic E-state index is 10.1. The molecule has 0 aliphatic rings. The zero-order chi connectivity index (χ0) is 7.28. The number of hydrogen-bond acceptors (Lipinski definition) is 1. The first kappa shape index (κ1) is 7.95. The molecule has 2 nitrogen and oxygen atoms in total. The fourth-order valence-corrected chi connectivity index (χ4v) is 0.335. The van der Waals surface area contributed by atoms with Gasteiger partial charge < -0.3 is 5.73 Å². The second-order valence-corrected chi connectivity index (χ2v) is 2.01. The number of primary amides is 1. The largest absolute Gasteiger partial charge is 0.366 e. The average molecular weight is 125 g/mol. The standard InChI is InChI=1S/C7H11NO/c1-6(2)4-3-5-7(8)9/h3-5H,1-2H3,(H2,8,9)/b5-3+. The van der Waals surface area contributed by atoms with E-state index in [2.05, 4.69) is 0 Å². The van der Waals surface area contributed by atoms with Crippen LogP contribution in [0.4, 0.5) is 0 Å². The zero-order valence-corrected chi connectivity index (χ0v) is 5.72. The monoisotopic (exact) mass is 125 g/mol. The van der Waals surface area contributed by atoms with Crippen LogP contribution in [0.15, 0.2) is 23.8 Å². The van der Waals surface area contributed by atoms with Crippen LogP contribution >= 0.6 is 0 Å². The van der Waals surface area contributed by atoms with Gasteiger partial charge in [0.1, 0.15) is 0 Å². The lowest BCUT2D eigenvalue weighted by molar-refractivity contribution is -0.113. The molecule has 9 heavy (non-hydrogen) atoms. The smallest absolute Gasteiger partial charge is 0.241 e. The number of hydrogen-bond donors (Lipinski definition) is 1. The van der Waals surface area contributed by atoms with E-state index in [1.165, 1.54) is 6.08 Å². The van der Waals surface area contributed by atoms with E-state index in [-0.39, 0.29) is 0 Å². The minimum atomic E-state index is -0.410. The van der Waals surface area contributed by atoms with Crippen LogP contribution < -0.4 is 5.73 Å². The van der Waals surface area contributed by atoms with Crippen molar-refractivity contribution < 1.29 is 4.79 Å². The number of nitrogens with two attached hydrogens (primary N) is 1. The van der Waals surface area contributed by atoms with Gasteiger partial charge in [-0.05, 0) is 13.8 Å². The average Bonchev–Trinajstić information content (AvgIpc) is 1.63. The summed E-state index contributed by atoms with van der Waals surface area (Å²) >= 11 is 0. The highest BCUT2D eigenvalue weighted by atomic mass is 16.1. The van der Waals surface area contributed by atoms with Crippen LogP contribution in [0, 0.1) is 0 Å².